The number of hydrogen-bond acceptors (Lipinski definition) is 5. The van der Waals surface area contributed by atoms with Crippen LogP contribution >= 0.6 is 0 Å². The molecule has 0 saturated carbocycles. The Bertz CT molecular complexity index is 880. The Hall–Kier alpha value is -3.35. The van der Waals surface area contributed by atoms with E-state index in [4.69, 9.17) is 0 Å². The van der Waals surface area contributed by atoms with Gasteiger partial charge in [0.05, 0.1) is 6.54 Å². The van der Waals surface area contributed by atoms with Gasteiger partial charge in [-0.05, 0) is 16.8 Å². The molecule has 0 N–H and O–H groups in total. The number of rotatable bonds is 4. The number of benzene rings is 1. The van der Waals surface area contributed by atoms with Crippen molar-refractivity contribution in [3.63, 3.8) is 0 Å². The summed E-state index contributed by atoms with van der Waals surface area (Å²) in [6.07, 6.45) is 7.10. The fourth-order valence-electron chi connectivity index (χ4n) is 2.23. The van der Waals surface area contributed by atoms with E-state index < -0.39 is 0 Å². The van der Waals surface area contributed by atoms with E-state index >= 15 is 0 Å². The highest BCUT2D eigenvalue weighted by molar-refractivity contribution is 5.52. The number of tetrazole rings is 1. The number of hydrogen-bond donors (Lipinski definition) is 0. The largest absolute Gasteiger partial charge is 0.291 e. The molecule has 0 atom stereocenters. The fraction of sp³-hybridized carbons (Fsp3) is 0.0625. The molecule has 3 aromatic heterocycles. The van der Waals surface area contributed by atoms with Crippen LogP contribution in [0, 0.1) is 0 Å². The molecule has 3 heterocycles. The van der Waals surface area contributed by atoms with Crippen molar-refractivity contribution in [2.24, 2.45) is 0 Å². The van der Waals surface area contributed by atoms with Crippen molar-refractivity contribution in [3.05, 3.63) is 72.9 Å². The quantitative estimate of drug-likeness (QED) is 0.576. The Morgan fingerprint density at radius 3 is 2.65 bits per heavy atom. The van der Waals surface area contributed by atoms with Crippen LogP contribution in [0.5, 0.6) is 0 Å². The van der Waals surface area contributed by atoms with Gasteiger partial charge in [-0.2, -0.15) is 4.80 Å². The first-order valence-corrected chi connectivity index (χ1v) is 7.15. The van der Waals surface area contributed by atoms with Crippen molar-refractivity contribution in [3.8, 4) is 17.2 Å². The molecule has 0 aliphatic heterocycles. The van der Waals surface area contributed by atoms with Gasteiger partial charge in [0.15, 0.2) is 0 Å². The maximum Gasteiger partial charge on any atom is 0.204 e. The molecule has 0 radical (unpaired) electrons. The molecule has 0 unspecified atom stereocenters. The summed E-state index contributed by atoms with van der Waals surface area (Å²) in [5, 5.41) is 12.6. The summed E-state index contributed by atoms with van der Waals surface area (Å²) in [5.74, 6) is 1.44. The van der Waals surface area contributed by atoms with E-state index in [9.17, 15) is 0 Å². The van der Waals surface area contributed by atoms with Crippen LogP contribution in [-0.2, 0) is 6.54 Å². The molecule has 4 aromatic rings. The lowest BCUT2D eigenvalue weighted by molar-refractivity contribution is 0.571. The summed E-state index contributed by atoms with van der Waals surface area (Å²) in [6, 6.07) is 13.7. The normalized spacial score (nSPS) is 10.8. The fourth-order valence-corrected chi connectivity index (χ4v) is 2.23. The second-order valence-electron chi connectivity index (χ2n) is 5.00. The van der Waals surface area contributed by atoms with E-state index in [1.54, 1.807) is 23.5 Å². The lowest BCUT2D eigenvalue weighted by Crippen LogP contribution is -2.05. The smallest absolute Gasteiger partial charge is 0.204 e. The minimum Gasteiger partial charge on any atom is -0.291 e. The summed E-state index contributed by atoms with van der Waals surface area (Å²) in [5.41, 5.74) is 1.96. The van der Waals surface area contributed by atoms with Crippen LogP contribution in [0.1, 0.15) is 5.56 Å². The molecule has 0 aliphatic rings. The van der Waals surface area contributed by atoms with Gasteiger partial charge < -0.3 is 0 Å². The highest BCUT2D eigenvalue weighted by atomic mass is 15.6. The van der Waals surface area contributed by atoms with E-state index in [-0.39, 0.29) is 0 Å². The van der Waals surface area contributed by atoms with E-state index in [1.165, 1.54) is 0 Å². The molecule has 112 valence electrons. The number of pyridine rings is 1. The molecule has 23 heavy (non-hydrogen) atoms. The van der Waals surface area contributed by atoms with Crippen LogP contribution in [0.3, 0.4) is 0 Å². The summed E-state index contributed by atoms with van der Waals surface area (Å²) in [4.78, 5) is 9.99. The first kappa shape index (κ1) is 13.3. The second kappa shape index (κ2) is 5.80. The van der Waals surface area contributed by atoms with Crippen molar-refractivity contribution in [2.75, 3.05) is 0 Å². The lowest BCUT2D eigenvalue weighted by atomic mass is 10.2. The maximum atomic E-state index is 4.42. The van der Waals surface area contributed by atoms with Crippen molar-refractivity contribution < 1.29 is 0 Å². The van der Waals surface area contributed by atoms with Gasteiger partial charge in [-0.1, -0.05) is 36.4 Å². The zero-order valence-electron chi connectivity index (χ0n) is 12.2. The molecule has 0 saturated heterocycles. The number of aromatic nitrogens is 7. The monoisotopic (exact) mass is 303 g/mol. The van der Waals surface area contributed by atoms with Gasteiger partial charge >= 0.3 is 0 Å². The SMILES string of the molecule is c1ccc(-c2nnn(Cc3ccc(-n4ccnc4)nc3)n2)cc1. The molecule has 0 fully saturated rings. The molecule has 7 nitrogen and oxygen atoms in total. The van der Waals surface area contributed by atoms with Crippen molar-refractivity contribution in [2.45, 2.75) is 6.54 Å². The average Bonchev–Trinajstić information content (AvgIpc) is 3.28. The lowest BCUT2D eigenvalue weighted by Gasteiger charge is -2.03. The highest BCUT2D eigenvalue weighted by Gasteiger charge is 2.06. The second-order valence-corrected chi connectivity index (χ2v) is 5.00. The van der Waals surface area contributed by atoms with Gasteiger partial charge in [0.2, 0.25) is 5.82 Å². The van der Waals surface area contributed by atoms with E-state index in [0.717, 1.165) is 16.9 Å². The van der Waals surface area contributed by atoms with Crippen molar-refractivity contribution >= 4 is 0 Å². The molecular formula is C16H13N7. The van der Waals surface area contributed by atoms with Crippen LogP contribution in [0.15, 0.2) is 67.4 Å². The Labute approximate surface area is 132 Å². The third kappa shape index (κ3) is 2.84. The van der Waals surface area contributed by atoms with Crippen LogP contribution in [-0.4, -0.2) is 34.7 Å². The highest BCUT2D eigenvalue weighted by Crippen LogP contribution is 2.12. The Balaban J connectivity index is 1.51. The predicted octanol–water partition coefficient (Wildman–Crippen LogP) is 1.97. The Morgan fingerprint density at radius 2 is 1.91 bits per heavy atom. The first-order chi connectivity index (χ1) is 11.4. The molecule has 0 amide bonds. The zero-order valence-corrected chi connectivity index (χ0v) is 12.2. The first-order valence-electron chi connectivity index (χ1n) is 7.15. The van der Waals surface area contributed by atoms with Gasteiger partial charge in [0.1, 0.15) is 12.1 Å². The third-order valence-corrected chi connectivity index (χ3v) is 3.39. The predicted molar refractivity (Wildman–Crippen MR) is 83.7 cm³/mol. The van der Waals surface area contributed by atoms with Crippen LogP contribution in [0.25, 0.3) is 17.2 Å². The van der Waals surface area contributed by atoms with Gasteiger partial charge in [-0.15, -0.1) is 10.2 Å². The minimum atomic E-state index is 0.525. The summed E-state index contributed by atoms with van der Waals surface area (Å²) >= 11 is 0. The van der Waals surface area contributed by atoms with E-state index in [0.29, 0.717) is 12.4 Å². The molecule has 4 rings (SSSR count). The standard InChI is InChI=1S/C16H13N7/c1-2-4-14(5-3-1)16-19-21-23(20-16)11-13-6-7-15(18-10-13)22-9-8-17-12-22/h1-10,12H,11H2. The van der Waals surface area contributed by atoms with Crippen LogP contribution in [0.2, 0.25) is 0 Å². The van der Waals surface area contributed by atoms with Gasteiger partial charge in [-0.25, -0.2) is 9.97 Å². The third-order valence-electron chi connectivity index (χ3n) is 3.39. The summed E-state index contributed by atoms with van der Waals surface area (Å²) in [7, 11) is 0. The Kier molecular flexibility index (Phi) is 3.36. The van der Waals surface area contributed by atoms with Crippen LogP contribution in [0.4, 0.5) is 0 Å². The maximum absolute atomic E-state index is 4.42. The summed E-state index contributed by atoms with van der Waals surface area (Å²) < 4.78 is 1.85. The van der Waals surface area contributed by atoms with Crippen molar-refractivity contribution in [1.29, 1.82) is 0 Å². The Morgan fingerprint density at radius 1 is 1.00 bits per heavy atom. The minimum absolute atomic E-state index is 0.525. The molecular weight excluding hydrogens is 290 g/mol. The number of imidazole rings is 1. The van der Waals surface area contributed by atoms with E-state index in [1.807, 2.05) is 53.2 Å². The average molecular weight is 303 g/mol. The molecule has 1 aromatic carbocycles. The van der Waals surface area contributed by atoms with E-state index in [2.05, 4.69) is 25.4 Å². The van der Waals surface area contributed by atoms with Crippen LogP contribution < -0.4 is 0 Å². The number of nitrogens with zero attached hydrogens (tertiary/aromatic N) is 7. The van der Waals surface area contributed by atoms with Gasteiger partial charge in [0, 0.05) is 24.2 Å². The van der Waals surface area contributed by atoms with Gasteiger partial charge in [-0.3, -0.25) is 4.57 Å². The summed E-state index contributed by atoms with van der Waals surface area (Å²) in [6.45, 7) is 0.525. The molecule has 0 spiro atoms. The van der Waals surface area contributed by atoms with Crippen molar-refractivity contribution in [1.82, 2.24) is 34.7 Å². The molecule has 0 bridgehead atoms. The molecule has 7 heteroatoms. The van der Waals surface area contributed by atoms with Gasteiger partial charge in [0.25, 0.3) is 0 Å². The topological polar surface area (TPSA) is 74.3 Å². The molecule has 0 aliphatic carbocycles. The zero-order chi connectivity index (χ0) is 15.5.